The highest BCUT2D eigenvalue weighted by molar-refractivity contribution is 6.36. The number of hydrogen-bond donors (Lipinski definition) is 2. The number of halogens is 3. The minimum absolute atomic E-state index is 0.0230. The van der Waals surface area contributed by atoms with Crippen LogP contribution < -0.4 is 5.32 Å². The molecule has 1 amide bonds. The van der Waals surface area contributed by atoms with Crippen LogP contribution in [0.4, 0.5) is 4.39 Å². The molecule has 174 valence electrons. The zero-order valence-electron chi connectivity index (χ0n) is 18.5. The molecule has 1 aromatic heterocycles. The van der Waals surface area contributed by atoms with Crippen molar-refractivity contribution in [3.8, 4) is 11.3 Å². The molecule has 0 radical (unpaired) electrons. The van der Waals surface area contributed by atoms with Gasteiger partial charge in [0.2, 0.25) is 0 Å². The average Bonchev–Trinajstić information content (AvgIpc) is 3.09. The summed E-state index contributed by atoms with van der Waals surface area (Å²) in [5.41, 5.74) is 2.63. The number of rotatable bonds is 5. The van der Waals surface area contributed by atoms with Crippen molar-refractivity contribution in [1.29, 1.82) is 0 Å². The smallest absolute Gasteiger partial charge is 0.253 e. The van der Waals surface area contributed by atoms with E-state index in [-0.39, 0.29) is 17.0 Å². The number of aliphatic hydroxyl groups is 1. The predicted octanol–water partition coefficient (Wildman–Crippen LogP) is 6.52. The van der Waals surface area contributed by atoms with E-state index in [0.29, 0.717) is 28.5 Å². The number of amides is 1. The number of hydrogen-bond acceptors (Lipinski definition) is 2. The molecule has 0 saturated heterocycles. The quantitative estimate of drug-likeness (QED) is 0.478. The molecule has 4 rings (SSSR count). The summed E-state index contributed by atoms with van der Waals surface area (Å²) in [5, 5.41) is 13.6. The third kappa shape index (κ3) is 5.00. The first-order chi connectivity index (χ1) is 15.3. The van der Waals surface area contributed by atoms with Crippen LogP contribution in [0.2, 0.25) is 10.0 Å². The fourth-order valence-corrected chi connectivity index (χ4v) is 5.69. The van der Waals surface area contributed by atoms with Crippen LogP contribution in [-0.2, 0) is 6.54 Å². The molecule has 4 nitrogen and oxygen atoms in total. The normalized spacial score (nSPS) is 22.2. The first-order valence-corrected chi connectivity index (χ1v) is 12.4. The van der Waals surface area contributed by atoms with E-state index in [0.717, 1.165) is 50.0 Å². The largest absolute Gasteiger partial charge is 0.391 e. The molecule has 2 N–H and O–H groups in total. The van der Waals surface area contributed by atoms with E-state index >= 15 is 0 Å². The van der Waals surface area contributed by atoms with Crippen LogP contribution in [0.25, 0.3) is 11.3 Å². The van der Waals surface area contributed by atoms with E-state index in [1.165, 1.54) is 31.4 Å². The summed E-state index contributed by atoms with van der Waals surface area (Å²) >= 11 is 12.4. The maximum atomic E-state index is 14.3. The molecule has 2 fully saturated rings. The molecular formula is C25H31Cl2FN2O2. The topological polar surface area (TPSA) is 54.3 Å². The van der Waals surface area contributed by atoms with Gasteiger partial charge in [0, 0.05) is 17.8 Å². The van der Waals surface area contributed by atoms with Gasteiger partial charge in [-0.1, -0.05) is 55.3 Å². The van der Waals surface area contributed by atoms with Gasteiger partial charge in [0.05, 0.1) is 33.4 Å². The molecule has 2 atom stereocenters. The van der Waals surface area contributed by atoms with E-state index in [2.05, 4.69) is 9.88 Å². The van der Waals surface area contributed by atoms with Gasteiger partial charge in [-0.25, -0.2) is 4.39 Å². The highest BCUT2D eigenvalue weighted by atomic mass is 35.5. The molecule has 2 saturated carbocycles. The second-order valence-corrected chi connectivity index (χ2v) is 10.1. The lowest BCUT2D eigenvalue weighted by Gasteiger charge is -2.28. The van der Waals surface area contributed by atoms with Gasteiger partial charge in [-0.2, -0.15) is 0 Å². The van der Waals surface area contributed by atoms with Crippen molar-refractivity contribution in [2.24, 2.45) is 5.92 Å². The lowest BCUT2D eigenvalue weighted by molar-refractivity contribution is 0.0716. The second-order valence-electron chi connectivity index (χ2n) is 9.32. The van der Waals surface area contributed by atoms with E-state index in [9.17, 15) is 14.3 Å². The number of benzene rings is 1. The van der Waals surface area contributed by atoms with Crippen LogP contribution >= 0.6 is 23.2 Å². The second kappa shape index (κ2) is 10.1. The highest BCUT2D eigenvalue weighted by Crippen LogP contribution is 2.36. The van der Waals surface area contributed by atoms with Crippen LogP contribution in [0, 0.1) is 18.7 Å². The van der Waals surface area contributed by atoms with E-state index < -0.39 is 11.9 Å². The van der Waals surface area contributed by atoms with Crippen molar-refractivity contribution < 1.29 is 14.3 Å². The molecule has 0 aliphatic heterocycles. The lowest BCUT2D eigenvalue weighted by atomic mass is 9.89. The Morgan fingerprint density at radius 2 is 1.75 bits per heavy atom. The van der Waals surface area contributed by atoms with Crippen molar-refractivity contribution >= 4 is 29.1 Å². The zero-order valence-corrected chi connectivity index (χ0v) is 20.0. The maximum Gasteiger partial charge on any atom is 0.253 e. The molecule has 0 bridgehead atoms. The summed E-state index contributed by atoms with van der Waals surface area (Å²) in [6.07, 6.45) is 8.92. The first kappa shape index (κ1) is 23.6. The number of nitrogens with zero attached hydrogens (tertiary/aromatic N) is 1. The number of nitrogens with one attached hydrogen (secondary N) is 1. The Balaban J connectivity index is 1.70. The van der Waals surface area contributed by atoms with Crippen LogP contribution in [0.15, 0.2) is 18.2 Å². The fraction of sp³-hybridized carbons (Fsp3) is 0.560. The number of carbonyl (C=O) groups excluding carboxylic acids is 1. The Labute approximate surface area is 199 Å². The summed E-state index contributed by atoms with van der Waals surface area (Å²) in [5.74, 6) is -0.228. The molecule has 2 aliphatic rings. The van der Waals surface area contributed by atoms with Gasteiger partial charge in [0.15, 0.2) is 0 Å². The van der Waals surface area contributed by atoms with Crippen LogP contribution in [0.3, 0.4) is 0 Å². The summed E-state index contributed by atoms with van der Waals surface area (Å²) in [6, 6.07) is 4.33. The first-order valence-electron chi connectivity index (χ1n) is 11.7. The van der Waals surface area contributed by atoms with Gasteiger partial charge < -0.3 is 15.0 Å². The van der Waals surface area contributed by atoms with Crippen molar-refractivity contribution in [2.75, 3.05) is 0 Å². The lowest BCUT2D eigenvalue weighted by Crippen LogP contribution is -2.45. The monoisotopic (exact) mass is 480 g/mol. The molecule has 0 spiro atoms. The van der Waals surface area contributed by atoms with E-state index in [4.69, 9.17) is 23.2 Å². The molecule has 0 unspecified atom stereocenters. The standard InChI is InChI=1S/C25H31Cl2FN2O2/c1-15-17(25(32)29-22-9-5-6-10-24(22)31)12-23(18-11-21(28)20(27)13-19(18)26)30(15)14-16-7-3-2-4-8-16/h11-13,16,22,24,31H,2-10,14H2,1H3,(H,29,32)/t22-,24-/m0/s1. The van der Waals surface area contributed by atoms with Crippen molar-refractivity contribution in [3.05, 3.63) is 45.3 Å². The third-order valence-corrected chi connectivity index (χ3v) is 7.71. The van der Waals surface area contributed by atoms with Gasteiger partial charge in [-0.15, -0.1) is 0 Å². The fourth-order valence-electron chi connectivity index (χ4n) is 5.21. The average molecular weight is 481 g/mol. The molecule has 2 aliphatic carbocycles. The van der Waals surface area contributed by atoms with Crippen molar-refractivity contribution in [1.82, 2.24) is 9.88 Å². The Hall–Kier alpha value is -1.56. The third-order valence-electron chi connectivity index (χ3n) is 7.11. The van der Waals surface area contributed by atoms with E-state index in [1.807, 2.05) is 6.92 Å². The van der Waals surface area contributed by atoms with Crippen molar-refractivity contribution in [2.45, 2.75) is 83.4 Å². The minimum Gasteiger partial charge on any atom is -0.391 e. The zero-order chi connectivity index (χ0) is 22.8. The Bertz CT molecular complexity index is 985. The molecule has 2 aromatic rings. The van der Waals surface area contributed by atoms with Crippen LogP contribution in [0.5, 0.6) is 0 Å². The van der Waals surface area contributed by atoms with Gasteiger partial charge in [0.25, 0.3) is 5.91 Å². The number of aliphatic hydroxyl groups excluding tert-OH is 1. The van der Waals surface area contributed by atoms with Crippen LogP contribution in [-0.4, -0.2) is 27.7 Å². The molecule has 1 heterocycles. The summed E-state index contributed by atoms with van der Waals surface area (Å²) in [4.78, 5) is 13.2. The highest BCUT2D eigenvalue weighted by Gasteiger charge is 2.28. The predicted molar refractivity (Wildman–Crippen MR) is 127 cm³/mol. The van der Waals surface area contributed by atoms with E-state index in [1.54, 1.807) is 6.07 Å². The van der Waals surface area contributed by atoms with Gasteiger partial charge in [0.1, 0.15) is 5.82 Å². The Morgan fingerprint density at radius 3 is 2.47 bits per heavy atom. The molecular weight excluding hydrogens is 450 g/mol. The summed E-state index contributed by atoms with van der Waals surface area (Å²) in [6.45, 7) is 2.69. The van der Waals surface area contributed by atoms with Gasteiger partial charge in [-0.05, 0) is 56.7 Å². The van der Waals surface area contributed by atoms with Crippen molar-refractivity contribution in [3.63, 3.8) is 0 Å². The van der Waals surface area contributed by atoms with Gasteiger partial charge in [-0.3, -0.25) is 4.79 Å². The number of aromatic nitrogens is 1. The van der Waals surface area contributed by atoms with Crippen LogP contribution in [0.1, 0.15) is 73.8 Å². The molecule has 1 aromatic carbocycles. The number of carbonyl (C=O) groups is 1. The molecule has 7 heteroatoms. The summed E-state index contributed by atoms with van der Waals surface area (Å²) in [7, 11) is 0. The van der Waals surface area contributed by atoms with Gasteiger partial charge >= 0.3 is 0 Å². The minimum atomic E-state index is -0.537. The SMILES string of the molecule is Cc1c(C(=O)N[C@H]2CCCC[C@@H]2O)cc(-c2cc(F)c(Cl)cc2Cl)n1CC1CCCCC1. The molecule has 32 heavy (non-hydrogen) atoms. The maximum absolute atomic E-state index is 14.3. The Kier molecular flexibility index (Phi) is 7.48. The Morgan fingerprint density at radius 1 is 1.06 bits per heavy atom. The summed E-state index contributed by atoms with van der Waals surface area (Å²) < 4.78 is 16.5.